The fourth-order valence-corrected chi connectivity index (χ4v) is 5.30. The molecule has 12 heteroatoms. The molecule has 0 spiro atoms. The molecule has 0 radical (unpaired) electrons. The van der Waals surface area contributed by atoms with Crippen LogP contribution in [0.1, 0.15) is 67.3 Å². The number of aromatic nitrogens is 6. The Kier molecular flexibility index (Phi) is 7.26. The van der Waals surface area contributed by atoms with Crippen LogP contribution < -0.4 is 10.6 Å². The van der Waals surface area contributed by atoms with Crippen LogP contribution in [0.5, 0.6) is 0 Å². The number of nitrogens with one attached hydrogen (secondary N) is 2. The van der Waals surface area contributed by atoms with Crippen LogP contribution in [0.3, 0.4) is 0 Å². The van der Waals surface area contributed by atoms with E-state index in [-0.39, 0.29) is 23.2 Å². The predicted molar refractivity (Wildman–Crippen MR) is 151 cm³/mol. The van der Waals surface area contributed by atoms with E-state index in [2.05, 4.69) is 54.0 Å². The van der Waals surface area contributed by atoms with Crippen molar-refractivity contribution in [2.45, 2.75) is 57.7 Å². The average molecular weight is 558 g/mol. The molecule has 214 valence electrons. The van der Waals surface area contributed by atoms with Crippen molar-refractivity contribution in [3.8, 4) is 11.3 Å². The third-order valence-corrected chi connectivity index (χ3v) is 7.51. The number of ether oxygens (including phenoxy) is 1. The van der Waals surface area contributed by atoms with Crippen molar-refractivity contribution >= 4 is 17.5 Å². The number of carbonyl (C=O) groups excluding carboxylic acids is 1. The second kappa shape index (κ2) is 11.0. The second-order valence-electron chi connectivity index (χ2n) is 11.7. The molecule has 1 amide bonds. The van der Waals surface area contributed by atoms with Crippen LogP contribution in [0.15, 0.2) is 47.4 Å². The van der Waals surface area contributed by atoms with E-state index in [1.807, 2.05) is 40.1 Å². The maximum Gasteiger partial charge on any atom is 0.293 e. The Morgan fingerprint density at radius 2 is 2.02 bits per heavy atom. The van der Waals surface area contributed by atoms with Gasteiger partial charge in [0, 0.05) is 56.2 Å². The zero-order valence-corrected chi connectivity index (χ0v) is 23.8. The zero-order valence-electron chi connectivity index (χ0n) is 23.8. The molecule has 0 aliphatic carbocycles. The van der Waals surface area contributed by atoms with Gasteiger partial charge in [0.25, 0.3) is 11.7 Å². The van der Waals surface area contributed by atoms with E-state index in [0.29, 0.717) is 17.9 Å². The van der Waals surface area contributed by atoms with Gasteiger partial charge >= 0.3 is 0 Å². The number of anilines is 2. The molecule has 1 fully saturated rings. The molecule has 2 aliphatic rings. The van der Waals surface area contributed by atoms with Gasteiger partial charge in [-0.05, 0) is 36.1 Å². The molecule has 4 aromatic rings. The van der Waals surface area contributed by atoms with Gasteiger partial charge in [-0.15, -0.1) is 0 Å². The molecule has 0 unspecified atom stereocenters. The van der Waals surface area contributed by atoms with Gasteiger partial charge in [0.1, 0.15) is 0 Å². The molecule has 41 heavy (non-hydrogen) atoms. The highest BCUT2D eigenvalue weighted by atomic mass is 16.5. The number of nitrogens with zero attached hydrogens (tertiary/aromatic N) is 7. The van der Waals surface area contributed by atoms with E-state index in [0.717, 1.165) is 67.2 Å². The van der Waals surface area contributed by atoms with Gasteiger partial charge < -0.3 is 19.9 Å². The molecule has 0 saturated carbocycles. The van der Waals surface area contributed by atoms with Crippen molar-refractivity contribution in [1.29, 1.82) is 0 Å². The second-order valence-corrected chi connectivity index (χ2v) is 11.7. The van der Waals surface area contributed by atoms with E-state index >= 15 is 0 Å². The summed E-state index contributed by atoms with van der Waals surface area (Å²) in [6.07, 6.45) is 7.10. The summed E-state index contributed by atoms with van der Waals surface area (Å²) in [6.45, 7) is 8.99. The summed E-state index contributed by atoms with van der Waals surface area (Å²) in [7, 11) is 1.86. The first-order valence-electron chi connectivity index (χ1n) is 13.9. The number of amides is 1. The third kappa shape index (κ3) is 5.98. The lowest BCUT2D eigenvalue weighted by Crippen LogP contribution is -2.36. The topological polar surface area (TPSA) is 136 Å². The van der Waals surface area contributed by atoms with Crippen LogP contribution in [-0.2, 0) is 23.7 Å². The normalized spacial score (nSPS) is 19.5. The molecule has 1 aromatic carbocycles. The number of carbonyl (C=O) groups is 1. The lowest BCUT2D eigenvalue weighted by atomic mass is 9.96. The summed E-state index contributed by atoms with van der Waals surface area (Å²) >= 11 is 0. The van der Waals surface area contributed by atoms with Crippen LogP contribution in [0.2, 0.25) is 0 Å². The Hall–Kier alpha value is -4.16. The lowest BCUT2D eigenvalue weighted by molar-refractivity contribution is 0.0915. The maximum atomic E-state index is 13.2. The summed E-state index contributed by atoms with van der Waals surface area (Å²) in [5, 5.41) is 14.5. The lowest BCUT2D eigenvalue weighted by Gasteiger charge is -2.26. The largest absolute Gasteiger partial charge is 0.380 e. The molecule has 0 bridgehead atoms. The monoisotopic (exact) mass is 557 g/mol. The van der Waals surface area contributed by atoms with Crippen LogP contribution in [-0.4, -0.2) is 66.5 Å². The molecule has 12 nitrogen and oxygen atoms in total. The molecule has 2 N–H and O–H groups in total. The predicted octanol–water partition coefficient (Wildman–Crippen LogP) is 3.77. The van der Waals surface area contributed by atoms with Crippen LogP contribution in [0.25, 0.3) is 11.3 Å². The average Bonchev–Trinajstić information content (AvgIpc) is 3.71. The number of hydrogen-bond acceptors (Lipinski definition) is 10. The first-order valence-corrected chi connectivity index (χ1v) is 13.9. The van der Waals surface area contributed by atoms with Gasteiger partial charge in [-0.2, -0.15) is 10.1 Å². The van der Waals surface area contributed by atoms with E-state index in [9.17, 15) is 4.79 Å². The van der Waals surface area contributed by atoms with Crippen molar-refractivity contribution in [3.05, 3.63) is 65.7 Å². The van der Waals surface area contributed by atoms with Gasteiger partial charge in [0.2, 0.25) is 11.8 Å². The molecular weight excluding hydrogens is 522 g/mol. The first-order chi connectivity index (χ1) is 19.7. The minimum Gasteiger partial charge on any atom is -0.380 e. The number of hydrogen-bond donors (Lipinski definition) is 2. The number of rotatable bonds is 6. The Bertz CT molecular complexity index is 1530. The van der Waals surface area contributed by atoms with Gasteiger partial charge in [-0.1, -0.05) is 38.1 Å². The number of fused-ring (bicyclic) bond motifs is 1. The summed E-state index contributed by atoms with van der Waals surface area (Å²) in [4.78, 5) is 29.2. The fraction of sp³-hybridized carbons (Fsp3) is 0.448. The minimum absolute atomic E-state index is 0.0491. The molecule has 2 atom stereocenters. The molecule has 3 aromatic heterocycles. The highest BCUT2D eigenvalue weighted by Crippen LogP contribution is 2.33. The van der Waals surface area contributed by atoms with E-state index < -0.39 is 0 Å². The Morgan fingerprint density at radius 1 is 1.15 bits per heavy atom. The maximum absolute atomic E-state index is 13.2. The van der Waals surface area contributed by atoms with Crippen molar-refractivity contribution in [2.24, 2.45) is 7.05 Å². The summed E-state index contributed by atoms with van der Waals surface area (Å²) in [5.74, 6) is 0.634. The van der Waals surface area contributed by atoms with Gasteiger partial charge in [-0.25, -0.2) is 9.97 Å². The molecule has 1 saturated heterocycles. The first kappa shape index (κ1) is 27.0. The highest BCUT2D eigenvalue weighted by Gasteiger charge is 2.31. The number of benzene rings is 1. The quantitative estimate of drug-likeness (QED) is 0.361. The van der Waals surface area contributed by atoms with E-state index in [1.54, 1.807) is 17.1 Å². The SMILES string of the molecule is Cn1cc(Nc2nccc(-c3ccc4c(c3)CN([C@H]3CCOC3)CC[C@H]4NC(=O)c3noc(C(C)(C)C)n3)n2)cn1. The van der Waals surface area contributed by atoms with E-state index in [4.69, 9.17) is 14.2 Å². The Labute approximate surface area is 238 Å². The smallest absolute Gasteiger partial charge is 0.293 e. The van der Waals surface area contributed by atoms with Crippen LogP contribution in [0, 0.1) is 0 Å². The van der Waals surface area contributed by atoms with Crippen molar-refractivity contribution in [3.63, 3.8) is 0 Å². The summed E-state index contributed by atoms with van der Waals surface area (Å²) in [5.41, 5.74) is 4.47. The van der Waals surface area contributed by atoms with Gasteiger partial charge in [-0.3, -0.25) is 14.4 Å². The highest BCUT2D eigenvalue weighted by molar-refractivity contribution is 5.90. The van der Waals surface area contributed by atoms with Crippen LogP contribution >= 0.6 is 0 Å². The van der Waals surface area contributed by atoms with Crippen molar-refractivity contribution < 1.29 is 14.1 Å². The Balaban J connectivity index is 1.28. The number of aryl methyl sites for hydroxylation is 1. The zero-order chi connectivity index (χ0) is 28.6. The fourth-order valence-electron chi connectivity index (χ4n) is 5.30. The molecular formula is C29H35N9O3. The van der Waals surface area contributed by atoms with Gasteiger partial charge in [0.05, 0.1) is 30.2 Å². The van der Waals surface area contributed by atoms with Gasteiger partial charge in [0.15, 0.2) is 0 Å². The molecule has 2 aliphatic heterocycles. The standard InChI is InChI=1S/C29H35N9O3/c1-29(2,3)27-35-25(36-41-27)26(39)33-24-8-11-38(21-9-12-40-17-21)15-19-13-18(5-6-22(19)24)23-7-10-30-28(34-23)32-20-14-31-37(4)16-20/h5-7,10,13-14,16,21,24H,8-9,11-12,15,17H2,1-4H3,(H,33,39)(H,30,32,34)/t21-,24+/m0/s1. The van der Waals surface area contributed by atoms with Crippen LogP contribution in [0.4, 0.5) is 11.6 Å². The van der Waals surface area contributed by atoms with Crippen molar-refractivity contribution in [2.75, 3.05) is 25.1 Å². The Morgan fingerprint density at radius 3 is 2.76 bits per heavy atom. The van der Waals surface area contributed by atoms with Crippen molar-refractivity contribution in [1.82, 2.24) is 40.1 Å². The van der Waals surface area contributed by atoms with E-state index in [1.165, 1.54) is 0 Å². The third-order valence-electron chi connectivity index (χ3n) is 7.51. The molecule has 5 heterocycles. The summed E-state index contributed by atoms with van der Waals surface area (Å²) in [6, 6.07) is 8.36. The molecule has 6 rings (SSSR count). The summed E-state index contributed by atoms with van der Waals surface area (Å²) < 4.78 is 12.8. The minimum atomic E-state index is -0.344.